The van der Waals surface area contributed by atoms with Crippen molar-refractivity contribution in [3.05, 3.63) is 95.0 Å². The smallest absolute Gasteiger partial charge is 0.0453 e. The van der Waals surface area contributed by atoms with Crippen LogP contribution in [0.5, 0.6) is 0 Å². The lowest BCUT2D eigenvalue weighted by molar-refractivity contribution is 0.575. The fourth-order valence-electron chi connectivity index (χ4n) is 2.65. The Bertz CT molecular complexity index is 750. The van der Waals surface area contributed by atoms with Gasteiger partial charge in [0.1, 0.15) is 0 Å². The lowest BCUT2D eigenvalue weighted by atomic mass is 10.0. The van der Waals surface area contributed by atoms with Crippen LogP contribution in [0.1, 0.15) is 24.1 Å². The number of hydrogen-bond donors (Lipinski definition) is 1. The zero-order valence-electron chi connectivity index (χ0n) is 13.2. The molecule has 0 aromatic heterocycles. The quantitative estimate of drug-likeness (QED) is 0.620. The van der Waals surface area contributed by atoms with Crippen molar-refractivity contribution in [1.29, 1.82) is 0 Å². The van der Waals surface area contributed by atoms with Gasteiger partial charge in [-0.05, 0) is 35.2 Å². The van der Waals surface area contributed by atoms with Crippen molar-refractivity contribution in [1.82, 2.24) is 5.32 Å². The van der Waals surface area contributed by atoms with Gasteiger partial charge in [-0.2, -0.15) is 0 Å². The van der Waals surface area contributed by atoms with Gasteiger partial charge in [-0.25, -0.2) is 0 Å². The van der Waals surface area contributed by atoms with Crippen LogP contribution in [-0.2, 0) is 6.54 Å². The first-order chi connectivity index (χ1) is 11.2. The number of halogens is 1. The van der Waals surface area contributed by atoms with E-state index in [0.717, 1.165) is 17.1 Å². The predicted molar refractivity (Wildman–Crippen MR) is 98.6 cm³/mol. The molecule has 0 radical (unpaired) electrons. The topological polar surface area (TPSA) is 12.0 Å². The van der Waals surface area contributed by atoms with Gasteiger partial charge in [-0.1, -0.05) is 84.4 Å². The molecule has 116 valence electrons. The fourth-order valence-corrected chi connectivity index (χ4v) is 2.95. The van der Waals surface area contributed by atoms with Gasteiger partial charge in [-0.15, -0.1) is 0 Å². The zero-order chi connectivity index (χ0) is 16.1. The first-order valence-electron chi connectivity index (χ1n) is 7.86. The average Bonchev–Trinajstić information content (AvgIpc) is 2.61. The number of rotatable bonds is 5. The molecule has 0 amide bonds. The third-order valence-corrected chi connectivity index (χ3v) is 4.39. The highest BCUT2D eigenvalue weighted by Crippen LogP contribution is 2.23. The summed E-state index contributed by atoms with van der Waals surface area (Å²) >= 11 is 6.25. The van der Waals surface area contributed by atoms with Crippen LogP contribution in [0, 0.1) is 0 Å². The molecule has 1 atom stereocenters. The van der Waals surface area contributed by atoms with Gasteiger partial charge in [0.05, 0.1) is 0 Å². The molecule has 23 heavy (non-hydrogen) atoms. The van der Waals surface area contributed by atoms with Crippen LogP contribution in [0.2, 0.25) is 5.02 Å². The van der Waals surface area contributed by atoms with E-state index in [4.69, 9.17) is 11.6 Å². The summed E-state index contributed by atoms with van der Waals surface area (Å²) in [5.41, 5.74) is 4.89. The largest absolute Gasteiger partial charge is 0.306 e. The second kappa shape index (κ2) is 7.45. The minimum absolute atomic E-state index is 0.220. The van der Waals surface area contributed by atoms with Gasteiger partial charge in [0.25, 0.3) is 0 Å². The van der Waals surface area contributed by atoms with E-state index >= 15 is 0 Å². The van der Waals surface area contributed by atoms with E-state index in [1.54, 1.807) is 0 Å². The monoisotopic (exact) mass is 321 g/mol. The number of hydrogen-bond acceptors (Lipinski definition) is 1. The Balaban J connectivity index is 1.64. The summed E-state index contributed by atoms with van der Waals surface area (Å²) in [6.07, 6.45) is 0. The van der Waals surface area contributed by atoms with Crippen LogP contribution in [0.15, 0.2) is 78.9 Å². The maximum Gasteiger partial charge on any atom is 0.0453 e. The molecule has 0 aliphatic heterocycles. The zero-order valence-corrected chi connectivity index (χ0v) is 13.9. The van der Waals surface area contributed by atoms with Gasteiger partial charge in [0, 0.05) is 17.6 Å². The standard InChI is InChI=1S/C21H20ClN/c1-16(20-9-5-6-10-21(20)22)23-15-17-11-13-19(14-12-17)18-7-3-2-4-8-18/h2-14,16,23H,15H2,1H3. The molecule has 1 N–H and O–H groups in total. The summed E-state index contributed by atoms with van der Waals surface area (Å²) in [7, 11) is 0. The highest BCUT2D eigenvalue weighted by molar-refractivity contribution is 6.31. The summed E-state index contributed by atoms with van der Waals surface area (Å²) in [4.78, 5) is 0. The molecule has 0 aliphatic rings. The first-order valence-corrected chi connectivity index (χ1v) is 8.24. The summed E-state index contributed by atoms with van der Waals surface area (Å²) in [6.45, 7) is 2.96. The fraction of sp³-hybridized carbons (Fsp3) is 0.143. The van der Waals surface area contributed by atoms with Gasteiger partial charge >= 0.3 is 0 Å². The predicted octanol–water partition coefficient (Wildman–Crippen LogP) is 5.86. The molecule has 0 spiro atoms. The summed E-state index contributed by atoms with van der Waals surface area (Å²) in [5, 5.41) is 4.34. The Morgan fingerprint density at radius 1 is 0.783 bits per heavy atom. The molecule has 0 bridgehead atoms. The van der Waals surface area contributed by atoms with E-state index < -0.39 is 0 Å². The van der Waals surface area contributed by atoms with E-state index in [-0.39, 0.29) is 6.04 Å². The summed E-state index contributed by atoms with van der Waals surface area (Å²) in [6, 6.07) is 27.3. The van der Waals surface area contributed by atoms with Crippen LogP contribution in [0.25, 0.3) is 11.1 Å². The second-order valence-electron chi connectivity index (χ2n) is 5.69. The normalized spacial score (nSPS) is 12.1. The van der Waals surface area contributed by atoms with Crippen molar-refractivity contribution >= 4 is 11.6 Å². The lowest BCUT2D eigenvalue weighted by Gasteiger charge is -2.16. The highest BCUT2D eigenvalue weighted by atomic mass is 35.5. The van der Waals surface area contributed by atoms with Crippen LogP contribution in [0.4, 0.5) is 0 Å². The molecule has 1 unspecified atom stereocenters. The molecular weight excluding hydrogens is 302 g/mol. The number of nitrogens with one attached hydrogen (secondary N) is 1. The molecular formula is C21H20ClN. The Morgan fingerprint density at radius 2 is 1.39 bits per heavy atom. The molecule has 0 saturated heterocycles. The Labute approximate surface area is 142 Å². The van der Waals surface area contributed by atoms with Crippen molar-refractivity contribution in [3.63, 3.8) is 0 Å². The van der Waals surface area contributed by atoms with Crippen LogP contribution >= 0.6 is 11.6 Å². The van der Waals surface area contributed by atoms with E-state index in [2.05, 4.69) is 66.8 Å². The van der Waals surface area contributed by atoms with Crippen molar-refractivity contribution in [3.8, 4) is 11.1 Å². The maximum absolute atomic E-state index is 6.25. The van der Waals surface area contributed by atoms with Crippen LogP contribution < -0.4 is 5.32 Å². The molecule has 3 aromatic carbocycles. The van der Waals surface area contributed by atoms with Crippen LogP contribution in [-0.4, -0.2) is 0 Å². The minimum Gasteiger partial charge on any atom is -0.306 e. The Morgan fingerprint density at radius 3 is 2.09 bits per heavy atom. The van der Waals surface area contributed by atoms with Crippen LogP contribution in [0.3, 0.4) is 0 Å². The van der Waals surface area contributed by atoms with Crippen molar-refractivity contribution in [2.75, 3.05) is 0 Å². The van der Waals surface area contributed by atoms with Gasteiger partial charge < -0.3 is 5.32 Å². The molecule has 0 saturated carbocycles. The SMILES string of the molecule is CC(NCc1ccc(-c2ccccc2)cc1)c1ccccc1Cl. The lowest BCUT2D eigenvalue weighted by Crippen LogP contribution is -2.18. The average molecular weight is 322 g/mol. The van der Waals surface area contributed by atoms with Gasteiger partial charge in [0.15, 0.2) is 0 Å². The molecule has 3 rings (SSSR count). The molecule has 1 nitrogen and oxygen atoms in total. The summed E-state index contributed by atoms with van der Waals surface area (Å²) in [5.74, 6) is 0. The van der Waals surface area contributed by atoms with E-state index in [1.165, 1.54) is 16.7 Å². The molecule has 0 heterocycles. The summed E-state index contributed by atoms with van der Waals surface area (Å²) < 4.78 is 0. The minimum atomic E-state index is 0.220. The van der Waals surface area contributed by atoms with Crippen molar-refractivity contribution in [2.45, 2.75) is 19.5 Å². The van der Waals surface area contributed by atoms with Crippen molar-refractivity contribution in [2.24, 2.45) is 0 Å². The molecule has 2 heteroatoms. The highest BCUT2D eigenvalue weighted by Gasteiger charge is 2.08. The van der Waals surface area contributed by atoms with E-state index in [1.807, 2.05) is 24.3 Å². The second-order valence-corrected chi connectivity index (χ2v) is 6.09. The maximum atomic E-state index is 6.25. The number of benzene rings is 3. The molecule has 3 aromatic rings. The third-order valence-electron chi connectivity index (χ3n) is 4.05. The van der Waals surface area contributed by atoms with E-state index in [0.29, 0.717) is 0 Å². The van der Waals surface area contributed by atoms with Crippen molar-refractivity contribution < 1.29 is 0 Å². The Kier molecular flexibility index (Phi) is 5.12. The first kappa shape index (κ1) is 15.8. The van der Waals surface area contributed by atoms with Gasteiger partial charge in [-0.3, -0.25) is 0 Å². The van der Waals surface area contributed by atoms with Gasteiger partial charge in [0.2, 0.25) is 0 Å². The molecule has 0 aliphatic carbocycles. The molecule has 0 fully saturated rings. The van der Waals surface area contributed by atoms with E-state index in [9.17, 15) is 0 Å². The third kappa shape index (κ3) is 4.01. The Hall–Kier alpha value is -2.09.